The minimum absolute atomic E-state index is 0.0434. The molecule has 0 unspecified atom stereocenters. The highest BCUT2D eigenvalue weighted by atomic mass is 16.8. The van der Waals surface area contributed by atoms with Crippen molar-refractivity contribution in [1.29, 1.82) is 0 Å². The number of benzene rings is 1. The summed E-state index contributed by atoms with van der Waals surface area (Å²) in [7, 11) is 0. The van der Waals surface area contributed by atoms with Gasteiger partial charge in [-0.1, -0.05) is 18.2 Å². The van der Waals surface area contributed by atoms with Crippen molar-refractivity contribution in [3.63, 3.8) is 0 Å². The molecule has 0 bridgehead atoms. The molecule has 7 heteroatoms. The van der Waals surface area contributed by atoms with Crippen LogP contribution in [0.1, 0.15) is 24.2 Å². The number of nitrogens with one attached hydrogen (secondary N) is 1. The summed E-state index contributed by atoms with van der Waals surface area (Å²) < 4.78 is 16.6. The maximum Gasteiger partial charge on any atom is 0.251 e. The Morgan fingerprint density at radius 2 is 2.00 bits per heavy atom. The molecule has 0 spiro atoms. The van der Waals surface area contributed by atoms with E-state index in [0.29, 0.717) is 5.56 Å². The van der Waals surface area contributed by atoms with Gasteiger partial charge >= 0.3 is 0 Å². The Hall–Kier alpha value is -1.51. The molecule has 1 amide bonds. The van der Waals surface area contributed by atoms with Gasteiger partial charge in [-0.3, -0.25) is 4.79 Å². The molecule has 1 aromatic carbocycles. The average Bonchev–Trinajstić information content (AvgIpc) is 2.99. The van der Waals surface area contributed by atoms with Gasteiger partial charge in [-0.05, 0) is 26.0 Å². The van der Waals surface area contributed by atoms with Crippen molar-refractivity contribution in [3.05, 3.63) is 35.9 Å². The molecular formula is C16H21NO6. The van der Waals surface area contributed by atoms with E-state index in [4.69, 9.17) is 14.2 Å². The molecule has 2 aliphatic heterocycles. The molecule has 2 heterocycles. The smallest absolute Gasteiger partial charge is 0.251 e. The standard InChI is InChI=1S/C16H21NO6/c1-16(2)22-13-11(19)12(21-15(13)23-16)10(18)8-17-14(20)9-6-4-3-5-7-9/h3-7,10-13,15,18-19H,8H2,1-2H3,(H,17,20)/t10-,11+,12-,13-,15-/m1/s1. The molecule has 0 aliphatic carbocycles. The van der Waals surface area contributed by atoms with Crippen molar-refractivity contribution in [2.45, 2.75) is 50.3 Å². The minimum atomic E-state index is -1.07. The summed E-state index contributed by atoms with van der Waals surface area (Å²) in [5.74, 6) is -1.13. The van der Waals surface area contributed by atoms with Crippen molar-refractivity contribution in [2.24, 2.45) is 0 Å². The molecule has 7 nitrogen and oxygen atoms in total. The largest absolute Gasteiger partial charge is 0.388 e. The molecule has 2 saturated heterocycles. The Morgan fingerprint density at radius 1 is 1.30 bits per heavy atom. The van der Waals surface area contributed by atoms with E-state index >= 15 is 0 Å². The average molecular weight is 323 g/mol. The number of aliphatic hydroxyl groups is 2. The van der Waals surface area contributed by atoms with Gasteiger partial charge in [0.15, 0.2) is 12.1 Å². The number of ether oxygens (including phenoxy) is 3. The lowest BCUT2D eigenvalue weighted by molar-refractivity contribution is -0.225. The quantitative estimate of drug-likeness (QED) is 0.722. The van der Waals surface area contributed by atoms with Crippen LogP contribution in [0, 0.1) is 0 Å². The fraction of sp³-hybridized carbons (Fsp3) is 0.562. The maximum atomic E-state index is 12.0. The van der Waals surface area contributed by atoms with Gasteiger partial charge < -0.3 is 29.7 Å². The summed E-state index contributed by atoms with van der Waals surface area (Å²) in [6, 6.07) is 8.68. The predicted molar refractivity (Wildman–Crippen MR) is 79.5 cm³/mol. The lowest BCUT2D eigenvalue weighted by Crippen LogP contribution is -2.46. The molecule has 3 rings (SSSR count). The van der Waals surface area contributed by atoms with Crippen LogP contribution < -0.4 is 5.32 Å². The third-order valence-electron chi connectivity index (χ3n) is 3.94. The first-order valence-corrected chi connectivity index (χ1v) is 7.58. The molecule has 0 radical (unpaired) electrons. The van der Waals surface area contributed by atoms with E-state index in [1.54, 1.807) is 38.1 Å². The fourth-order valence-corrected chi connectivity index (χ4v) is 2.84. The topological polar surface area (TPSA) is 97.2 Å². The molecule has 1 aromatic rings. The van der Waals surface area contributed by atoms with Crippen LogP contribution in [0.4, 0.5) is 0 Å². The van der Waals surface area contributed by atoms with Crippen LogP contribution in [0.5, 0.6) is 0 Å². The summed E-state index contributed by atoms with van der Waals surface area (Å²) in [4.78, 5) is 12.0. The third-order valence-corrected chi connectivity index (χ3v) is 3.94. The minimum Gasteiger partial charge on any atom is -0.388 e. The number of carbonyl (C=O) groups is 1. The highest BCUT2D eigenvalue weighted by molar-refractivity contribution is 5.94. The molecule has 126 valence electrons. The second kappa shape index (κ2) is 6.18. The lowest BCUT2D eigenvalue weighted by atomic mass is 10.1. The Bertz CT molecular complexity index is 563. The van der Waals surface area contributed by atoms with Gasteiger partial charge in [0.05, 0.1) is 0 Å². The predicted octanol–water partition coefficient (Wildman–Crippen LogP) is 0.0146. The zero-order valence-corrected chi connectivity index (χ0v) is 13.0. The van der Waals surface area contributed by atoms with Crippen molar-refractivity contribution < 1.29 is 29.2 Å². The Balaban J connectivity index is 1.54. The molecule has 23 heavy (non-hydrogen) atoms. The lowest BCUT2D eigenvalue weighted by Gasteiger charge is -2.26. The van der Waals surface area contributed by atoms with Crippen molar-refractivity contribution >= 4 is 5.91 Å². The number of amides is 1. The molecule has 3 N–H and O–H groups in total. The Morgan fingerprint density at radius 3 is 2.65 bits per heavy atom. The first-order valence-electron chi connectivity index (χ1n) is 7.58. The monoisotopic (exact) mass is 323 g/mol. The molecule has 2 aliphatic rings. The fourth-order valence-electron chi connectivity index (χ4n) is 2.84. The zero-order valence-electron chi connectivity index (χ0n) is 13.0. The van der Waals surface area contributed by atoms with Crippen LogP contribution in [0.3, 0.4) is 0 Å². The molecular weight excluding hydrogens is 302 g/mol. The number of carbonyl (C=O) groups excluding carboxylic acids is 1. The summed E-state index contributed by atoms with van der Waals surface area (Å²) in [6.07, 6.45) is -4.33. The molecule has 0 aromatic heterocycles. The van der Waals surface area contributed by atoms with Crippen LogP contribution in [-0.2, 0) is 14.2 Å². The van der Waals surface area contributed by atoms with Gasteiger partial charge in [-0.25, -0.2) is 0 Å². The van der Waals surface area contributed by atoms with E-state index in [1.165, 1.54) is 0 Å². The normalized spacial score (nSPS) is 33.2. The Kier molecular flexibility index (Phi) is 4.39. The Labute approximate surface area is 134 Å². The number of hydrogen-bond acceptors (Lipinski definition) is 6. The number of fused-ring (bicyclic) bond motifs is 1. The SMILES string of the molecule is CC1(C)O[C@H]2O[C@H]([C@H](O)CNC(=O)c3ccccc3)[C@H](O)[C@H]2O1. The van der Waals surface area contributed by atoms with E-state index in [1.807, 2.05) is 6.07 Å². The second-order valence-electron chi connectivity index (χ2n) is 6.20. The third kappa shape index (κ3) is 3.39. The van der Waals surface area contributed by atoms with Crippen molar-refractivity contribution in [1.82, 2.24) is 5.32 Å². The number of rotatable bonds is 4. The van der Waals surface area contributed by atoms with E-state index < -0.39 is 36.5 Å². The van der Waals surface area contributed by atoms with Crippen LogP contribution in [0.15, 0.2) is 30.3 Å². The van der Waals surface area contributed by atoms with Crippen LogP contribution >= 0.6 is 0 Å². The van der Waals surface area contributed by atoms with Gasteiger partial charge in [0.25, 0.3) is 5.91 Å². The van der Waals surface area contributed by atoms with Gasteiger partial charge in [-0.2, -0.15) is 0 Å². The highest BCUT2D eigenvalue weighted by Crippen LogP contribution is 2.38. The molecule has 2 fully saturated rings. The number of hydrogen-bond donors (Lipinski definition) is 3. The highest BCUT2D eigenvalue weighted by Gasteiger charge is 2.55. The number of aliphatic hydroxyl groups excluding tert-OH is 2. The van der Waals surface area contributed by atoms with Crippen LogP contribution in [0.25, 0.3) is 0 Å². The van der Waals surface area contributed by atoms with E-state index in [0.717, 1.165) is 0 Å². The van der Waals surface area contributed by atoms with Gasteiger partial charge in [0.2, 0.25) is 0 Å². The van der Waals surface area contributed by atoms with E-state index in [-0.39, 0.29) is 12.5 Å². The molecule has 0 saturated carbocycles. The van der Waals surface area contributed by atoms with Gasteiger partial charge in [-0.15, -0.1) is 0 Å². The van der Waals surface area contributed by atoms with Gasteiger partial charge in [0, 0.05) is 12.1 Å². The first-order chi connectivity index (χ1) is 10.9. The van der Waals surface area contributed by atoms with Crippen LogP contribution in [-0.4, -0.2) is 59.2 Å². The second-order valence-corrected chi connectivity index (χ2v) is 6.20. The van der Waals surface area contributed by atoms with E-state index in [9.17, 15) is 15.0 Å². The summed E-state index contributed by atoms with van der Waals surface area (Å²) >= 11 is 0. The van der Waals surface area contributed by atoms with E-state index in [2.05, 4.69) is 5.32 Å². The molecule has 5 atom stereocenters. The summed E-state index contributed by atoms with van der Waals surface area (Å²) in [5, 5.41) is 23.0. The van der Waals surface area contributed by atoms with Crippen molar-refractivity contribution in [2.75, 3.05) is 6.54 Å². The summed E-state index contributed by atoms with van der Waals surface area (Å²) in [5.41, 5.74) is 0.498. The maximum absolute atomic E-state index is 12.0. The zero-order chi connectivity index (χ0) is 16.6. The summed E-state index contributed by atoms with van der Waals surface area (Å²) in [6.45, 7) is 3.41. The van der Waals surface area contributed by atoms with Crippen LogP contribution in [0.2, 0.25) is 0 Å². The van der Waals surface area contributed by atoms with Gasteiger partial charge in [0.1, 0.15) is 24.4 Å². The van der Waals surface area contributed by atoms with Crippen molar-refractivity contribution in [3.8, 4) is 0 Å². The first kappa shape index (κ1) is 16.4.